The quantitative estimate of drug-likeness (QED) is 0.570. The Kier molecular flexibility index (Phi) is 5.48. The molecule has 0 aliphatic heterocycles. The Balaban J connectivity index is 1.68. The number of carbonyl (C=O) groups is 2. The summed E-state index contributed by atoms with van der Waals surface area (Å²) in [5.41, 5.74) is 0.540. The summed E-state index contributed by atoms with van der Waals surface area (Å²) >= 11 is 7.16. The number of carbonyl (C=O) groups excluding carboxylic acids is 1. The molecule has 3 aromatic rings. The van der Waals surface area contributed by atoms with Gasteiger partial charge in [0.1, 0.15) is 5.75 Å². The fourth-order valence-electron chi connectivity index (χ4n) is 1.99. The molecule has 0 fully saturated rings. The Labute approximate surface area is 162 Å². The van der Waals surface area contributed by atoms with E-state index in [0.717, 1.165) is 11.3 Å². The number of methoxy groups -OCH3 is 1. The van der Waals surface area contributed by atoms with Crippen LogP contribution in [-0.2, 0) is 0 Å². The van der Waals surface area contributed by atoms with Crippen molar-refractivity contribution in [3.8, 4) is 5.75 Å². The Bertz CT molecular complexity index is 993. The zero-order valence-corrected chi connectivity index (χ0v) is 15.3. The number of rotatable bonds is 6. The van der Waals surface area contributed by atoms with Crippen molar-refractivity contribution in [1.82, 2.24) is 15.0 Å². The van der Waals surface area contributed by atoms with E-state index < -0.39 is 11.9 Å². The average Bonchev–Trinajstić information content (AvgIpc) is 3.12. The highest BCUT2D eigenvalue weighted by Crippen LogP contribution is 2.23. The van der Waals surface area contributed by atoms with Crippen LogP contribution in [0.25, 0.3) is 0 Å². The number of aromatic nitrogens is 3. The first-order valence-electron chi connectivity index (χ1n) is 7.39. The number of hydrogen-bond acceptors (Lipinski definition) is 8. The summed E-state index contributed by atoms with van der Waals surface area (Å²) in [5.74, 6) is -0.841. The van der Waals surface area contributed by atoms with Gasteiger partial charge in [-0.25, -0.2) is 19.7 Å². The first kappa shape index (κ1) is 18.5. The molecule has 11 heteroatoms. The van der Waals surface area contributed by atoms with Crippen molar-refractivity contribution in [3.63, 3.8) is 0 Å². The molecule has 2 heterocycles. The summed E-state index contributed by atoms with van der Waals surface area (Å²) in [6.45, 7) is 0. The molecule has 3 N–H and O–H groups in total. The molecule has 0 unspecified atom stereocenters. The van der Waals surface area contributed by atoms with Crippen LogP contribution in [0.1, 0.15) is 20.8 Å². The topological polar surface area (TPSA) is 126 Å². The number of carboxylic acids is 1. The number of anilines is 3. The van der Waals surface area contributed by atoms with Crippen LogP contribution in [0.4, 0.5) is 16.8 Å². The van der Waals surface area contributed by atoms with Gasteiger partial charge in [0.05, 0.1) is 35.8 Å². The van der Waals surface area contributed by atoms with E-state index in [2.05, 4.69) is 25.6 Å². The van der Waals surface area contributed by atoms with E-state index in [1.807, 2.05) is 0 Å². The Morgan fingerprint density at radius 2 is 2.00 bits per heavy atom. The number of aromatic carboxylic acids is 1. The second-order valence-electron chi connectivity index (χ2n) is 5.06. The van der Waals surface area contributed by atoms with Gasteiger partial charge in [-0.2, -0.15) is 0 Å². The highest BCUT2D eigenvalue weighted by molar-refractivity contribution is 7.14. The Morgan fingerprint density at radius 1 is 1.26 bits per heavy atom. The fraction of sp³-hybridized carbons (Fsp3) is 0.0625. The minimum Gasteiger partial charge on any atom is -0.497 e. The zero-order chi connectivity index (χ0) is 19.4. The van der Waals surface area contributed by atoms with Crippen molar-refractivity contribution in [3.05, 3.63) is 52.3 Å². The van der Waals surface area contributed by atoms with Gasteiger partial charge in [-0.15, -0.1) is 11.3 Å². The molecule has 0 saturated heterocycles. The third-order valence-electron chi connectivity index (χ3n) is 3.27. The van der Waals surface area contributed by atoms with Crippen LogP contribution in [0.15, 0.2) is 36.0 Å². The number of nitrogens with zero attached hydrogens (tertiary/aromatic N) is 3. The molecule has 1 aromatic carbocycles. The van der Waals surface area contributed by atoms with Gasteiger partial charge in [0.2, 0.25) is 5.95 Å². The monoisotopic (exact) mass is 405 g/mol. The molecular weight excluding hydrogens is 394 g/mol. The fourth-order valence-corrected chi connectivity index (χ4v) is 2.87. The van der Waals surface area contributed by atoms with E-state index in [0.29, 0.717) is 16.6 Å². The lowest BCUT2D eigenvalue weighted by Gasteiger charge is -2.08. The van der Waals surface area contributed by atoms with Crippen LogP contribution >= 0.6 is 22.9 Å². The van der Waals surface area contributed by atoms with Gasteiger partial charge < -0.3 is 20.5 Å². The molecule has 0 radical (unpaired) electrons. The Hall–Kier alpha value is -3.24. The number of benzene rings is 1. The van der Waals surface area contributed by atoms with E-state index in [4.69, 9.17) is 21.4 Å². The second-order valence-corrected chi connectivity index (χ2v) is 6.33. The number of thiazole rings is 1. The average molecular weight is 406 g/mol. The molecule has 2 aromatic heterocycles. The van der Waals surface area contributed by atoms with Gasteiger partial charge in [0.15, 0.2) is 10.8 Å². The first-order valence-corrected chi connectivity index (χ1v) is 8.65. The number of carboxylic acid groups (broad SMARTS) is 1. The van der Waals surface area contributed by atoms with Gasteiger partial charge in [-0.05, 0) is 18.2 Å². The molecule has 0 spiro atoms. The maximum atomic E-state index is 12.4. The highest BCUT2D eigenvalue weighted by Gasteiger charge is 2.13. The molecule has 27 heavy (non-hydrogen) atoms. The largest absolute Gasteiger partial charge is 0.497 e. The van der Waals surface area contributed by atoms with Gasteiger partial charge >= 0.3 is 5.97 Å². The lowest BCUT2D eigenvalue weighted by Crippen LogP contribution is -2.13. The molecule has 0 saturated carbocycles. The molecule has 138 valence electrons. The van der Waals surface area contributed by atoms with E-state index in [1.165, 1.54) is 30.9 Å². The van der Waals surface area contributed by atoms with E-state index in [1.54, 1.807) is 12.1 Å². The molecule has 9 nitrogen and oxygen atoms in total. The lowest BCUT2D eigenvalue weighted by molar-refractivity contribution is 0.0691. The van der Waals surface area contributed by atoms with Crippen molar-refractivity contribution < 1.29 is 19.4 Å². The number of nitrogens with one attached hydrogen (secondary N) is 2. The summed E-state index contributed by atoms with van der Waals surface area (Å²) in [6, 6.07) is 4.74. The number of amides is 1. The van der Waals surface area contributed by atoms with Gasteiger partial charge in [0.25, 0.3) is 5.91 Å². The van der Waals surface area contributed by atoms with Crippen molar-refractivity contribution in [1.29, 1.82) is 0 Å². The van der Waals surface area contributed by atoms with E-state index in [9.17, 15) is 9.59 Å². The van der Waals surface area contributed by atoms with Crippen LogP contribution in [0, 0.1) is 0 Å². The van der Waals surface area contributed by atoms with Crippen LogP contribution in [0.2, 0.25) is 5.02 Å². The maximum Gasteiger partial charge on any atom is 0.355 e. The van der Waals surface area contributed by atoms with Crippen LogP contribution in [0.5, 0.6) is 5.75 Å². The third kappa shape index (κ3) is 4.49. The predicted molar refractivity (Wildman–Crippen MR) is 100 cm³/mol. The van der Waals surface area contributed by atoms with Crippen molar-refractivity contribution >= 4 is 51.6 Å². The third-order valence-corrected chi connectivity index (χ3v) is 4.36. The van der Waals surface area contributed by atoms with Gasteiger partial charge in [0, 0.05) is 5.38 Å². The lowest BCUT2D eigenvalue weighted by atomic mass is 10.2. The SMILES string of the molecule is COc1ccc(Cl)c(C(=O)Nc2cnc(Nc3nc(C(=O)O)cs3)nc2)c1. The zero-order valence-electron chi connectivity index (χ0n) is 13.8. The molecule has 1 amide bonds. The summed E-state index contributed by atoms with van der Waals surface area (Å²) in [5, 5.41) is 16.3. The first-order chi connectivity index (χ1) is 13.0. The minimum absolute atomic E-state index is 0.0680. The number of hydrogen-bond donors (Lipinski definition) is 3. The summed E-state index contributed by atoms with van der Waals surface area (Å²) in [4.78, 5) is 35.2. The number of halogens is 1. The summed E-state index contributed by atoms with van der Waals surface area (Å²) in [6.07, 6.45) is 2.79. The minimum atomic E-state index is -1.12. The summed E-state index contributed by atoms with van der Waals surface area (Å²) < 4.78 is 5.09. The molecule has 0 aliphatic rings. The molecule has 0 atom stereocenters. The molecular formula is C16H12ClN5O4S. The predicted octanol–water partition coefficient (Wildman–Crippen LogP) is 3.29. The molecule has 3 rings (SSSR count). The van der Waals surface area contributed by atoms with E-state index in [-0.39, 0.29) is 22.2 Å². The van der Waals surface area contributed by atoms with E-state index >= 15 is 0 Å². The van der Waals surface area contributed by atoms with Crippen molar-refractivity contribution in [2.75, 3.05) is 17.7 Å². The van der Waals surface area contributed by atoms with Gasteiger partial charge in [-0.3, -0.25) is 4.79 Å². The summed E-state index contributed by atoms with van der Waals surface area (Å²) in [7, 11) is 1.49. The number of ether oxygens (including phenoxy) is 1. The standard InChI is InChI=1S/C16H12ClN5O4S/c1-26-9-2-3-11(17)10(4-9)13(23)20-8-5-18-15(19-6-8)22-16-21-12(7-27-16)14(24)25/h2-7H,1H3,(H,20,23)(H,24,25)(H,18,19,21,22). The normalized spacial score (nSPS) is 10.3. The van der Waals surface area contributed by atoms with Gasteiger partial charge in [-0.1, -0.05) is 11.6 Å². The Morgan fingerprint density at radius 3 is 2.63 bits per heavy atom. The maximum absolute atomic E-state index is 12.4. The second kappa shape index (κ2) is 7.98. The molecule has 0 bridgehead atoms. The van der Waals surface area contributed by atoms with Crippen LogP contribution < -0.4 is 15.4 Å². The molecule has 0 aliphatic carbocycles. The van der Waals surface area contributed by atoms with Crippen molar-refractivity contribution in [2.45, 2.75) is 0 Å². The van der Waals surface area contributed by atoms with Crippen LogP contribution in [-0.4, -0.2) is 39.0 Å². The van der Waals surface area contributed by atoms with Crippen LogP contribution in [0.3, 0.4) is 0 Å². The van der Waals surface area contributed by atoms with Crippen molar-refractivity contribution in [2.24, 2.45) is 0 Å². The smallest absolute Gasteiger partial charge is 0.355 e. The highest BCUT2D eigenvalue weighted by atomic mass is 35.5.